The summed E-state index contributed by atoms with van der Waals surface area (Å²) < 4.78 is 22.6. The van der Waals surface area contributed by atoms with Crippen LogP contribution in [0.3, 0.4) is 0 Å². The van der Waals surface area contributed by atoms with Crippen LogP contribution < -0.4 is 5.73 Å². The maximum absolute atomic E-state index is 11.3. The zero-order valence-corrected chi connectivity index (χ0v) is 13.5. The van der Waals surface area contributed by atoms with Gasteiger partial charge < -0.3 is 5.73 Å². The molecule has 114 valence electrons. The van der Waals surface area contributed by atoms with E-state index in [0.717, 1.165) is 18.8 Å². The van der Waals surface area contributed by atoms with Crippen LogP contribution in [0.25, 0.3) is 0 Å². The van der Waals surface area contributed by atoms with E-state index in [-0.39, 0.29) is 11.3 Å². The van der Waals surface area contributed by atoms with Crippen LogP contribution in [-0.4, -0.2) is 51.0 Å². The van der Waals surface area contributed by atoms with Crippen molar-refractivity contribution in [1.82, 2.24) is 4.90 Å². The predicted molar refractivity (Wildman–Crippen MR) is 81.0 cm³/mol. The third kappa shape index (κ3) is 5.04. The van der Waals surface area contributed by atoms with Crippen LogP contribution in [0.15, 0.2) is 0 Å². The average molecular weight is 290 g/mol. The Labute approximate surface area is 118 Å². The fourth-order valence-electron chi connectivity index (χ4n) is 3.15. The van der Waals surface area contributed by atoms with Gasteiger partial charge in [0, 0.05) is 24.9 Å². The Bertz CT molecular complexity index is 370. The molecule has 1 fully saturated rings. The summed E-state index contributed by atoms with van der Waals surface area (Å²) in [6.45, 7) is 3.48. The zero-order chi connectivity index (χ0) is 14.5. The predicted octanol–water partition coefficient (Wildman–Crippen LogP) is 1.65. The van der Waals surface area contributed by atoms with Crippen molar-refractivity contribution in [2.45, 2.75) is 51.0 Å². The second-order valence-corrected chi connectivity index (χ2v) is 8.44. The summed E-state index contributed by atoms with van der Waals surface area (Å²) in [4.78, 5) is 2.20. The zero-order valence-electron chi connectivity index (χ0n) is 12.7. The molecular weight excluding hydrogens is 260 g/mol. The van der Waals surface area contributed by atoms with Crippen molar-refractivity contribution in [2.24, 2.45) is 11.7 Å². The molecule has 4 nitrogen and oxygen atoms in total. The van der Waals surface area contributed by atoms with Crippen LogP contribution in [0.4, 0.5) is 0 Å². The summed E-state index contributed by atoms with van der Waals surface area (Å²) in [5, 5.41) is 0. The molecule has 1 saturated carbocycles. The summed E-state index contributed by atoms with van der Waals surface area (Å²) >= 11 is 0. The van der Waals surface area contributed by atoms with Gasteiger partial charge in [-0.1, -0.05) is 26.2 Å². The number of nitrogens with two attached hydrogens (primary N) is 1. The van der Waals surface area contributed by atoms with E-state index in [4.69, 9.17) is 5.73 Å². The Balaban J connectivity index is 2.68. The second kappa shape index (κ2) is 7.04. The molecule has 2 N–H and O–H groups in total. The highest BCUT2D eigenvalue weighted by Crippen LogP contribution is 2.34. The van der Waals surface area contributed by atoms with E-state index in [9.17, 15) is 8.42 Å². The summed E-state index contributed by atoms with van der Waals surface area (Å²) in [6, 6.07) is 0. The fourth-order valence-corrected chi connectivity index (χ4v) is 3.76. The molecule has 0 spiro atoms. The monoisotopic (exact) mass is 290 g/mol. The van der Waals surface area contributed by atoms with Gasteiger partial charge in [-0.2, -0.15) is 0 Å². The average Bonchev–Trinajstić information content (AvgIpc) is 2.57. The van der Waals surface area contributed by atoms with Crippen molar-refractivity contribution in [2.75, 3.05) is 32.1 Å². The Morgan fingerprint density at radius 3 is 2.53 bits per heavy atom. The van der Waals surface area contributed by atoms with Crippen molar-refractivity contribution in [3.05, 3.63) is 0 Å². The van der Waals surface area contributed by atoms with Crippen molar-refractivity contribution >= 4 is 9.84 Å². The van der Waals surface area contributed by atoms with E-state index in [0.29, 0.717) is 13.1 Å². The van der Waals surface area contributed by atoms with Crippen LogP contribution in [0.1, 0.15) is 45.4 Å². The molecule has 1 aliphatic carbocycles. The highest BCUT2D eigenvalue weighted by molar-refractivity contribution is 7.90. The lowest BCUT2D eigenvalue weighted by Gasteiger charge is -2.41. The van der Waals surface area contributed by atoms with Gasteiger partial charge in [0.1, 0.15) is 9.84 Å². The number of likely N-dealkylation sites (N-methyl/N-ethyl adjacent to an activating group) is 1. The van der Waals surface area contributed by atoms with Crippen molar-refractivity contribution in [3.63, 3.8) is 0 Å². The van der Waals surface area contributed by atoms with Gasteiger partial charge in [0.25, 0.3) is 0 Å². The molecule has 5 heteroatoms. The standard InChI is InChI=1S/C14H30N2O2S/c1-4-13-6-5-8-14(12-15,9-7-13)16(2)10-11-19(3,17)18/h13H,4-12,15H2,1-3H3. The van der Waals surface area contributed by atoms with Crippen LogP contribution in [0.5, 0.6) is 0 Å². The molecule has 0 radical (unpaired) electrons. The first kappa shape index (κ1) is 16.9. The van der Waals surface area contributed by atoms with Gasteiger partial charge in [0.15, 0.2) is 0 Å². The lowest BCUT2D eigenvalue weighted by Crippen LogP contribution is -2.53. The number of hydrogen-bond donors (Lipinski definition) is 1. The molecule has 2 unspecified atom stereocenters. The SMILES string of the molecule is CCC1CCCC(CN)(N(C)CCS(C)(=O)=O)CC1. The van der Waals surface area contributed by atoms with E-state index in [1.165, 1.54) is 31.9 Å². The highest BCUT2D eigenvalue weighted by Gasteiger charge is 2.35. The lowest BCUT2D eigenvalue weighted by molar-refractivity contribution is 0.113. The summed E-state index contributed by atoms with van der Waals surface area (Å²) in [7, 11) is -0.868. The minimum absolute atomic E-state index is 0.00854. The van der Waals surface area contributed by atoms with Crippen molar-refractivity contribution in [1.29, 1.82) is 0 Å². The molecule has 19 heavy (non-hydrogen) atoms. The van der Waals surface area contributed by atoms with E-state index < -0.39 is 9.84 Å². The van der Waals surface area contributed by atoms with Gasteiger partial charge in [-0.25, -0.2) is 8.42 Å². The van der Waals surface area contributed by atoms with Crippen LogP contribution in [0.2, 0.25) is 0 Å². The molecule has 0 aromatic rings. The Kier molecular flexibility index (Phi) is 6.27. The largest absolute Gasteiger partial charge is 0.329 e. The molecular formula is C14H30N2O2S. The number of nitrogens with zero attached hydrogens (tertiary/aromatic N) is 1. The van der Waals surface area contributed by atoms with Crippen LogP contribution in [-0.2, 0) is 9.84 Å². The van der Waals surface area contributed by atoms with Gasteiger partial charge in [0.05, 0.1) is 5.75 Å². The Hall–Kier alpha value is -0.130. The Morgan fingerprint density at radius 2 is 2.00 bits per heavy atom. The van der Waals surface area contributed by atoms with Gasteiger partial charge in [-0.3, -0.25) is 4.90 Å². The first-order valence-corrected chi connectivity index (χ1v) is 9.48. The molecule has 1 aliphatic rings. The minimum Gasteiger partial charge on any atom is -0.329 e. The van der Waals surface area contributed by atoms with Crippen molar-refractivity contribution in [3.8, 4) is 0 Å². The molecule has 0 saturated heterocycles. The first-order chi connectivity index (χ1) is 8.83. The normalized spacial score (nSPS) is 29.4. The topological polar surface area (TPSA) is 63.4 Å². The molecule has 0 aromatic carbocycles. The summed E-state index contributed by atoms with van der Waals surface area (Å²) in [5.74, 6) is 1.04. The van der Waals surface area contributed by atoms with Gasteiger partial charge in [-0.15, -0.1) is 0 Å². The van der Waals surface area contributed by atoms with Gasteiger partial charge in [0.2, 0.25) is 0 Å². The molecule has 0 aliphatic heterocycles. The minimum atomic E-state index is -2.90. The highest BCUT2D eigenvalue weighted by atomic mass is 32.2. The third-order valence-electron chi connectivity index (χ3n) is 4.84. The number of sulfone groups is 1. The summed E-state index contributed by atoms with van der Waals surface area (Å²) in [6.07, 6.45) is 8.46. The van der Waals surface area contributed by atoms with Crippen molar-refractivity contribution < 1.29 is 8.42 Å². The molecule has 0 aromatic heterocycles. The molecule has 2 atom stereocenters. The third-order valence-corrected chi connectivity index (χ3v) is 5.76. The summed E-state index contributed by atoms with van der Waals surface area (Å²) in [5.41, 5.74) is 6.05. The molecule has 0 amide bonds. The maximum atomic E-state index is 11.3. The van der Waals surface area contributed by atoms with Gasteiger partial charge >= 0.3 is 0 Å². The fraction of sp³-hybridized carbons (Fsp3) is 1.00. The van der Waals surface area contributed by atoms with E-state index in [1.807, 2.05) is 7.05 Å². The quantitative estimate of drug-likeness (QED) is 0.756. The number of rotatable bonds is 6. The smallest absolute Gasteiger partial charge is 0.148 e. The van der Waals surface area contributed by atoms with Gasteiger partial charge in [-0.05, 0) is 32.2 Å². The van der Waals surface area contributed by atoms with Crippen LogP contribution >= 0.6 is 0 Å². The Morgan fingerprint density at radius 1 is 1.32 bits per heavy atom. The molecule has 0 bridgehead atoms. The molecule has 0 heterocycles. The first-order valence-electron chi connectivity index (χ1n) is 7.42. The van der Waals surface area contributed by atoms with E-state index in [2.05, 4.69) is 11.8 Å². The van der Waals surface area contributed by atoms with E-state index in [1.54, 1.807) is 0 Å². The van der Waals surface area contributed by atoms with Crippen LogP contribution in [0, 0.1) is 5.92 Å². The lowest BCUT2D eigenvalue weighted by atomic mass is 9.88. The second-order valence-electron chi connectivity index (χ2n) is 6.19. The van der Waals surface area contributed by atoms with E-state index >= 15 is 0 Å². The molecule has 1 rings (SSSR count). The number of hydrogen-bond acceptors (Lipinski definition) is 4. The maximum Gasteiger partial charge on any atom is 0.148 e.